The first kappa shape index (κ1) is 22.2. The van der Waals surface area contributed by atoms with Crippen LogP contribution in [0.2, 0.25) is 0 Å². The molecule has 162 valence electrons. The van der Waals surface area contributed by atoms with Crippen LogP contribution in [0, 0.1) is 5.92 Å². The van der Waals surface area contributed by atoms with Gasteiger partial charge in [-0.2, -0.15) is 5.06 Å². The Kier molecular flexibility index (Phi) is 7.50. The smallest absolute Gasteiger partial charge is 0.326 e. The number of anilines is 1. The maximum atomic E-state index is 12.6. The van der Waals surface area contributed by atoms with Crippen molar-refractivity contribution >= 4 is 29.8 Å². The molecule has 0 spiro atoms. The number of piperidine rings is 1. The summed E-state index contributed by atoms with van der Waals surface area (Å²) in [5.41, 5.74) is 2.27. The Labute approximate surface area is 180 Å². The molecule has 31 heavy (non-hydrogen) atoms. The van der Waals surface area contributed by atoms with Crippen LogP contribution in [0.4, 0.5) is 5.69 Å². The molecule has 1 aliphatic rings. The highest BCUT2D eigenvalue weighted by molar-refractivity contribution is 6.17. The predicted molar refractivity (Wildman–Crippen MR) is 111 cm³/mol. The Balaban J connectivity index is 1.62. The van der Waals surface area contributed by atoms with Crippen molar-refractivity contribution in [1.29, 1.82) is 0 Å². The molecule has 0 N–H and O–H groups in total. The predicted octanol–water partition coefficient (Wildman–Crippen LogP) is 2.26. The van der Waals surface area contributed by atoms with Gasteiger partial charge in [-0.05, 0) is 30.2 Å². The number of hydrogen-bond acceptors (Lipinski definition) is 6. The van der Waals surface area contributed by atoms with Gasteiger partial charge in [0.15, 0.2) is 11.7 Å². The first-order valence-corrected chi connectivity index (χ1v) is 10.0. The van der Waals surface area contributed by atoms with Crippen LogP contribution in [0.1, 0.15) is 24.5 Å². The van der Waals surface area contributed by atoms with Gasteiger partial charge in [-0.25, -0.2) is 0 Å². The number of carbonyl (C=O) groups excluding carboxylic acids is 4. The fourth-order valence-electron chi connectivity index (χ4n) is 3.29. The van der Waals surface area contributed by atoms with Crippen molar-refractivity contribution in [1.82, 2.24) is 4.90 Å². The van der Waals surface area contributed by atoms with E-state index in [-0.39, 0.29) is 32.7 Å². The molecule has 1 heterocycles. The van der Waals surface area contributed by atoms with Gasteiger partial charge in [0.2, 0.25) is 12.3 Å². The van der Waals surface area contributed by atoms with Gasteiger partial charge in [0, 0.05) is 19.5 Å². The maximum absolute atomic E-state index is 12.6. The van der Waals surface area contributed by atoms with Crippen LogP contribution < -0.4 is 5.06 Å². The molecular formula is C23H24N2O6. The van der Waals surface area contributed by atoms with Crippen LogP contribution in [0.3, 0.4) is 0 Å². The molecule has 2 aromatic carbocycles. The van der Waals surface area contributed by atoms with Gasteiger partial charge in [0.05, 0.1) is 12.3 Å². The fraction of sp³-hybridized carbons (Fsp3) is 0.304. The summed E-state index contributed by atoms with van der Waals surface area (Å²) in [6, 6.07) is 16.4. The van der Waals surface area contributed by atoms with Crippen LogP contribution in [-0.4, -0.2) is 42.1 Å². The normalized spacial score (nSPS) is 16.2. The summed E-state index contributed by atoms with van der Waals surface area (Å²) in [4.78, 5) is 55.1. The lowest BCUT2D eigenvalue weighted by molar-refractivity contribution is -0.161. The second-order valence-electron chi connectivity index (χ2n) is 7.02. The van der Waals surface area contributed by atoms with Gasteiger partial charge >= 0.3 is 5.97 Å². The molecule has 1 saturated heterocycles. The van der Waals surface area contributed by atoms with Crippen molar-refractivity contribution in [3.8, 4) is 0 Å². The summed E-state index contributed by atoms with van der Waals surface area (Å²) in [6.07, 6.45) is 0.696. The van der Waals surface area contributed by atoms with E-state index in [2.05, 4.69) is 0 Å². The third-order valence-electron chi connectivity index (χ3n) is 4.90. The van der Waals surface area contributed by atoms with Crippen molar-refractivity contribution in [3.63, 3.8) is 0 Å². The number of hydrogen-bond donors (Lipinski definition) is 0. The number of benzene rings is 2. The van der Waals surface area contributed by atoms with Gasteiger partial charge in [0.1, 0.15) is 6.61 Å². The van der Waals surface area contributed by atoms with Crippen molar-refractivity contribution in [2.75, 3.05) is 18.2 Å². The number of amides is 2. The number of carbonyl (C=O) groups is 4. The lowest BCUT2D eigenvalue weighted by Crippen LogP contribution is -2.49. The molecule has 0 saturated carbocycles. The topological polar surface area (TPSA) is 93.2 Å². The van der Waals surface area contributed by atoms with Gasteiger partial charge in [-0.3, -0.25) is 24.0 Å². The lowest BCUT2D eigenvalue weighted by Gasteiger charge is -2.30. The number of Topliss-reactive ketones (excluding diaryl/α,β-unsaturated/α-hetero) is 1. The van der Waals surface area contributed by atoms with Crippen LogP contribution in [0.15, 0.2) is 54.6 Å². The summed E-state index contributed by atoms with van der Waals surface area (Å²) in [5, 5.41) is 1.14. The molecule has 1 atom stereocenters. The van der Waals surface area contributed by atoms with E-state index < -0.39 is 23.6 Å². The zero-order chi connectivity index (χ0) is 22.2. The minimum atomic E-state index is -1.38. The Morgan fingerprint density at radius 1 is 1.10 bits per heavy atom. The maximum Gasteiger partial charge on any atom is 0.326 e. The standard InChI is InChI=1S/C23H24N2O6/c1-2-30-23(29)21-20(27)12-13-24(22(21)28)14-17-8-10-19(11-9-17)25(16-26)31-15-18-6-4-3-5-7-18/h3-11,16,21H,2,12-15H2,1H3. The zero-order valence-electron chi connectivity index (χ0n) is 17.2. The molecule has 0 aromatic heterocycles. The first-order valence-electron chi connectivity index (χ1n) is 10.0. The van der Waals surface area contributed by atoms with Gasteiger partial charge in [-0.1, -0.05) is 42.5 Å². The van der Waals surface area contributed by atoms with Gasteiger partial charge < -0.3 is 9.64 Å². The molecule has 0 radical (unpaired) electrons. The molecule has 1 unspecified atom stereocenters. The lowest BCUT2D eigenvalue weighted by atomic mass is 9.95. The molecule has 1 aliphatic heterocycles. The number of ether oxygens (including phenoxy) is 1. The average molecular weight is 424 g/mol. The summed E-state index contributed by atoms with van der Waals surface area (Å²) in [5.74, 6) is -3.13. The molecule has 8 heteroatoms. The number of hydroxylamine groups is 1. The van der Waals surface area contributed by atoms with E-state index >= 15 is 0 Å². The van der Waals surface area contributed by atoms with Crippen LogP contribution in [0.25, 0.3) is 0 Å². The van der Waals surface area contributed by atoms with Gasteiger partial charge in [0.25, 0.3) is 0 Å². The molecule has 2 aromatic rings. The van der Waals surface area contributed by atoms with E-state index in [4.69, 9.17) is 9.57 Å². The monoisotopic (exact) mass is 424 g/mol. The van der Waals surface area contributed by atoms with Crippen LogP contribution >= 0.6 is 0 Å². The van der Waals surface area contributed by atoms with E-state index in [0.717, 1.165) is 16.2 Å². The average Bonchev–Trinajstić information content (AvgIpc) is 2.78. The fourth-order valence-corrected chi connectivity index (χ4v) is 3.29. The number of ketones is 1. The molecule has 3 rings (SSSR count). The first-order chi connectivity index (χ1) is 15.0. The number of rotatable bonds is 9. The molecule has 1 fully saturated rings. The van der Waals surface area contributed by atoms with Gasteiger partial charge in [-0.15, -0.1) is 0 Å². The summed E-state index contributed by atoms with van der Waals surface area (Å²) in [6.45, 7) is 2.47. The van der Waals surface area contributed by atoms with Crippen molar-refractivity contribution in [2.45, 2.75) is 26.5 Å². The van der Waals surface area contributed by atoms with Crippen LogP contribution in [0.5, 0.6) is 0 Å². The summed E-state index contributed by atoms with van der Waals surface area (Å²) < 4.78 is 4.87. The van der Waals surface area contributed by atoms with Crippen molar-refractivity contribution in [3.05, 3.63) is 65.7 Å². The summed E-state index contributed by atoms with van der Waals surface area (Å²) >= 11 is 0. The van der Waals surface area contributed by atoms with E-state index in [1.807, 2.05) is 30.3 Å². The Hall–Kier alpha value is -3.52. The van der Waals surface area contributed by atoms with Crippen molar-refractivity contribution in [2.24, 2.45) is 5.92 Å². The largest absolute Gasteiger partial charge is 0.465 e. The molecule has 8 nitrogen and oxygen atoms in total. The Bertz CT molecular complexity index is 929. The zero-order valence-corrected chi connectivity index (χ0v) is 17.2. The molecular weight excluding hydrogens is 400 g/mol. The number of esters is 1. The number of likely N-dealkylation sites (tertiary alicyclic amines) is 1. The van der Waals surface area contributed by atoms with Crippen molar-refractivity contribution < 1.29 is 28.8 Å². The van der Waals surface area contributed by atoms with E-state index in [9.17, 15) is 19.2 Å². The molecule has 2 amide bonds. The van der Waals surface area contributed by atoms with E-state index in [1.54, 1.807) is 31.2 Å². The number of nitrogens with zero attached hydrogens (tertiary/aromatic N) is 2. The SMILES string of the molecule is CCOC(=O)C1C(=O)CCN(Cc2ccc(N(C=O)OCc3ccccc3)cc2)C1=O. The van der Waals surface area contributed by atoms with E-state index in [0.29, 0.717) is 12.1 Å². The third-order valence-corrected chi connectivity index (χ3v) is 4.90. The highest BCUT2D eigenvalue weighted by Gasteiger charge is 2.41. The molecule has 0 bridgehead atoms. The Morgan fingerprint density at radius 2 is 1.81 bits per heavy atom. The van der Waals surface area contributed by atoms with Crippen LogP contribution in [-0.2, 0) is 41.9 Å². The minimum absolute atomic E-state index is 0.108. The Morgan fingerprint density at radius 3 is 2.45 bits per heavy atom. The molecule has 0 aliphatic carbocycles. The quantitative estimate of drug-likeness (QED) is 0.265. The second kappa shape index (κ2) is 10.5. The highest BCUT2D eigenvalue weighted by atomic mass is 16.7. The highest BCUT2D eigenvalue weighted by Crippen LogP contribution is 2.21. The third kappa shape index (κ3) is 5.55. The summed E-state index contributed by atoms with van der Waals surface area (Å²) in [7, 11) is 0. The minimum Gasteiger partial charge on any atom is -0.465 e. The van der Waals surface area contributed by atoms with E-state index in [1.165, 1.54) is 4.90 Å². The second-order valence-corrected chi connectivity index (χ2v) is 7.02.